The number of carbonyl (C=O) groups is 1. The number of hydrogen-bond acceptors (Lipinski definition) is 3. The van der Waals surface area contributed by atoms with Gasteiger partial charge in [0, 0.05) is 36.1 Å². The second-order valence-electron chi connectivity index (χ2n) is 7.06. The monoisotopic (exact) mass is 441 g/mol. The van der Waals surface area contributed by atoms with Gasteiger partial charge in [-0.25, -0.2) is 17.9 Å². The van der Waals surface area contributed by atoms with Gasteiger partial charge >= 0.3 is 6.03 Å². The summed E-state index contributed by atoms with van der Waals surface area (Å²) in [4.78, 5) is 16.5. The van der Waals surface area contributed by atoms with Crippen LogP contribution in [0.3, 0.4) is 0 Å². The van der Waals surface area contributed by atoms with Crippen molar-refractivity contribution in [3.63, 3.8) is 0 Å². The highest BCUT2D eigenvalue weighted by atomic mass is 79.9. The van der Waals surface area contributed by atoms with E-state index in [0.717, 1.165) is 16.3 Å². The zero-order valence-electron chi connectivity index (χ0n) is 14.8. The molecule has 0 radical (unpaired) electrons. The molecule has 0 saturated carbocycles. The van der Waals surface area contributed by atoms with Crippen molar-refractivity contribution in [1.29, 1.82) is 0 Å². The topological polar surface area (TPSA) is 69.7 Å². The average Bonchev–Trinajstić information content (AvgIpc) is 2.87. The highest BCUT2D eigenvalue weighted by molar-refractivity contribution is 9.10. The minimum Gasteiger partial charge on any atom is -0.323 e. The molecule has 0 aliphatic carbocycles. The van der Waals surface area contributed by atoms with E-state index in [1.54, 1.807) is 0 Å². The van der Waals surface area contributed by atoms with Crippen molar-refractivity contribution in [1.82, 2.24) is 14.5 Å². The molecule has 8 heteroatoms. The number of benzene rings is 1. The highest BCUT2D eigenvalue weighted by Crippen LogP contribution is 2.27. The first-order chi connectivity index (χ1) is 12.3. The van der Waals surface area contributed by atoms with E-state index in [4.69, 9.17) is 0 Å². The molecule has 2 amide bonds. The summed E-state index contributed by atoms with van der Waals surface area (Å²) < 4.78 is 27.2. The minimum absolute atomic E-state index is 0.0131. The third-order valence-corrected chi connectivity index (χ3v) is 6.23. The Balaban J connectivity index is 1.78. The van der Waals surface area contributed by atoms with Crippen molar-refractivity contribution < 1.29 is 13.2 Å². The van der Waals surface area contributed by atoms with Crippen LogP contribution in [0.15, 0.2) is 41.4 Å². The van der Waals surface area contributed by atoms with E-state index in [0.29, 0.717) is 38.4 Å². The fraction of sp³-hybridized carbons (Fsp3) is 0.500. The molecule has 2 aliphatic heterocycles. The smallest absolute Gasteiger partial charge is 0.320 e. The molecule has 0 spiro atoms. The van der Waals surface area contributed by atoms with Crippen molar-refractivity contribution in [3.05, 3.63) is 47.0 Å². The molecule has 1 aromatic rings. The van der Waals surface area contributed by atoms with Crippen LogP contribution >= 0.6 is 15.9 Å². The lowest BCUT2D eigenvalue weighted by molar-refractivity contribution is 0.101. The molecule has 1 N–H and O–H groups in total. The molecule has 2 heterocycles. The molecule has 2 unspecified atom stereocenters. The van der Waals surface area contributed by atoms with Crippen LogP contribution in [0.5, 0.6) is 0 Å². The SMILES string of the molecule is C=CC1CN(C(=O)N2CCC(NS(C)(=O)=O)C2Cc2cccc(Br)c2)C1. The van der Waals surface area contributed by atoms with Crippen LogP contribution in [-0.4, -0.2) is 62.2 Å². The van der Waals surface area contributed by atoms with Gasteiger partial charge in [0.05, 0.1) is 12.3 Å². The quantitative estimate of drug-likeness (QED) is 0.712. The molecule has 2 aliphatic rings. The molecule has 2 saturated heterocycles. The van der Waals surface area contributed by atoms with Crippen LogP contribution in [0, 0.1) is 5.92 Å². The highest BCUT2D eigenvalue weighted by Gasteiger charge is 2.42. The number of rotatable bonds is 5. The number of nitrogens with zero attached hydrogens (tertiary/aromatic N) is 2. The summed E-state index contributed by atoms with van der Waals surface area (Å²) in [7, 11) is -3.34. The standard InChI is InChI=1S/C18H24BrN3O3S/c1-3-13-11-21(12-13)18(23)22-8-7-16(20-26(2,24)25)17(22)10-14-5-4-6-15(19)9-14/h3-6,9,13,16-17,20H,1,7-8,10-12H2,2H3. The van der Waals surface area contributed by atoms with Crippen LogP contribution < -0.4 is 4.72 Å². The summed E-state index contributed by atoms with van der Waals surface area (Å²) in [5.41, 5.74) is 1.07. The van der Waals surface area contributed by atoms with Gasteiger partial charge in [-0.3, -0.25) is 0 Å². The fourth-order valence-electron chi connectivity index (χ4n) is 3.66. The molecule has 3 rings (SSSR count). The van der Waals surface area contributed by atoms with E-state index in [9.17, 15) is 13.2 Å². The van der Waals surface area contributed by atoms with E-state index in [1.807, 2.05) is 40.1 Å². The van der Waals surface area contributed by atoms with Gasteiger partial charge in [-0.15, -0.1) is 6.58 Å². The predicted octanol–water partition coefficient (Wildman–Crippen LogP) is 2.22. The molecular formula is C18H24BrN3O3S. The van der Waals surface area contributed by atoms with Gasteiger partial charge in [-0.2, -0.15) is 0 Å². The third-order valence-electron chi connectivity index (χ3n) is 5.00. The summed E-state index contributed by atoms with van der Waals surface area (Å²) in [6.45, 7) is 5.70. The molecule has 0 aromatic heterocycles. The normalized spacial score (nSPS) is 23.8. The van der Waals surface area contributed by atoms with Crippen LogP contribution in [-0.2, 0) is 16.4 Å². The van der Waals surface area contributed by atoms with Gasteiger partial charge in [0.2, 0.25) is 10.0 Å². The van der Waals surface area contributed by atoms with Crippen LogP contribution in [0.1, 0.15) is 12.0 Å². The van der Waals surface area contributed by atoms with E-state index in [2.05, 4.69) is 27.2 Å². The summed E-state index contributed by atoms with van der Waals surface area (Å²) in [6.07, 6.45) is 4.27. The average molecular weight is 442 g/mol. The van der Waals surface area contributed by atoms with E-state index in [1.165, 1.54) is 0 Å². The molecule has 142 valence electrons. The lowest BCUT2D eigenvalue weighted by Crippen LogP contribution is -2.57. The number of amides is 2. The number of likely N-dealkylation sites (tertiary alicyclic amines) is 2. The Labute approximate surface area is 163 Å². The van der Waals surface area contributed by atoms with Crippen molar-refractivity contribution in [2.45, 2.75) is 24.9 Å². The van der Waals surface area contributed by atoms with Crippen molar-refractivity contribution in [2.75, 3.05) is 25.9 Å². The number of sulfonamides is 1. The second-order valence-corrected chi connectivity index (χ2v) is 9.76. The first kappa shape index (κ1) is 19.4. The third kappa shape index (κ3) is 4.47. The minimum atomic E-state index is -3.34. The Kier molecular flexibility index (Phi) is 5.74. The molecule has 0 bridgehead atoms. The van der Waals surface area contributed by atoms with Gasteiger partial charge in [0.15, 0.2) is 0 Å². The van der Waals surface area contributed by atoms with Crippen LogP contribution in [0.2, 0.25) is 0 Å². The van der Waals surface area contributed by atoms with Crippen molar-refractivity contribution >= 4 is 32.0 Å². The van der Waals surface area contributed by atoms with Crippen LogP contribution in [0.25, 0.3) is 0 Å². The zero-order valence-corrected chi connectivity index (χ0v) is 17.2. The number of carbonyl (C=O) groups excluding carboxylic acids is 1. The van der Waals surface area contributed by atoms with Gasteiger partial charge in [-0.1, -0.05) is 34.1 Å². The fourth-order valence-corrected chi connectivity index (χ4v) is 4.93. The second kappa shape index (κ2) is 7.70. The van der Waals surface area contributed by atoms with Crippen molar-refractivity contribution in [3.8, 4) is 0 Å². The molecule has 26 heavy (non-hydrogen) atoms. The number of urea groups is 1. The maximum absolute atomic E-state index is 12.9. The number of halogens is 1. The maximum Gasteiger partial charge on any atom is 0.320 e. The van der Waals surface area contributed by atoms with Gasteiger partial charge in [0.25, 0.3) is 0 Å². The molecular weight excluding hydrogens is 418 g/mol. The Morgan fingerprint density at radius 1 is 1.42 bits per heavy atom. The first-order valence-electron chi connectivity index (χ1n) is 8.66. The molecule has 2 fully saturated rings. The number of hydrogen-bond donors (Lipinski definition) is 1. The van der Waals surface area contributed by atoms with E-state index < -0.39 is 10.0 Å². The Hall–Kier alpha value is -1.38. The number of nitrogens with one attached hydrogen (secondary N) is 1. The first-order valence-corrected chi connectivity index (χ1v) is 11.3. The van der Waals surface area contributed by atoms with Crippen molar-refractivity contribution in [2.24, 2.45) is 5.92 Å². The lowest BCUT2D eigenvalue weighted by atomic mass is 9.99. The summed E-state index contributed by atoms with van der Waals surface area (Å²) in [6, 6.07) is 7.42. The molecule has 6 nitrogen and oxygen atoms in total. The Morgan fingerprint density at radius 3 is 2.77 bits per heavy atom. The maximum atomic E-state index is 12.9. The summed E-state index contributed by atoms with van der Waals surface area (Å²) in [5, 5.41) is 0. The Bertz CT molecular complexity index is 793. The van der Waals surface area contributed by atoms with Gasteiger partial charge < -0.3 is 9.80 Å². The van der Waals surface area contributed by atoms with Crippen LogP contribution in [0.4, 0.5) is 4.79 Å². The summed E-state index contributed by atoms with van der Waals surface area (Å²) in [5.74, 6) is 0.357. The lowest BCUT2D eigenvalue weighted by Gasteiger charge is -2.41. The summed E-state index contributed by atoms with van der Waals surface area (Å²) >= 11 is 3.47. The molecule has 1 aromatic carbocycles. The van der Waals surface area contributed by atoms with E-state index >= 15 is 0 Å². The Morgan fingerprint density at radius 2 is 2.15 bits per heavy atom. The van der Waals surface area contributed by atoms with Gasteiger partial charge in [0.1, 0.15) is 0 Å². The van der Waals surface area contributed by atoms with Gasteiger partial charge in [-0.05, 0) is 30.5 Å². The van der Waals surface area contributed by atoms with E-state index in [-0.39, 0.29) is 18.1 Å². The zero-order chi connectivity index (χ0) is 18.9. The largest absolute Gasteiger partial charge is 0.323 e. The molecule has 2 atom stereocenters. The predicted molar refractivity (Wildman–Crippen MR) is 105 cm³/mol.